The Hall–Kier alpha value is -1.68. The molecule has 0 aliphatic heterocycles. The molecule has 0 atom stereocenters. The average molecular weight is 222 g/mol. The van der Waals surface area contributed by atoms with Gasteiger partial charge in [0, 0.05) is 6.20 Å². The van der Waals surface area contributed by atoms with Crippen LogP contribution in [0.5, 0.6) is 0 Å². The Kier molecular flexibility index (Phi) is 2.51. The SMILES string of the molecule is Cc1cc(Cl)c(=O)n(-c2cncnc2)c1. The van der Waals surface area contributed by atoms with Gasteiger partial charge in [-0.3, -0.25) is 9.36 Å². The predicted octanol–water partition coefficient (Wildman–Crippen LogP) is 1.59. The van der Waals surface area contributed by atoms with E-state index in [-0.39, 0.29) is 10.6 Å². The second-order valence-corrected chi connectivity index (χ2v) is 3.54. The molecule has 15 heavy (non-hydrogen) atoms. The normalized spacial score (nSPS) is 10.3. The molecule has 76 valence electrons. The van der Waals surface area contributed by atoms with Crippen molar-refractivity contribution >= 4 is 11.6 Å². The molecule has 2 aromatic heterocycles. The molecular weight excluding hydrogens is 214 g/mol. The summed E-state index contributed by atoms with van der Waals surface area (Å²) in [6.07, 6.45) is 6.23. The Morgan fingerprint density at radius 2 is 2.00 bits per heavy atom. The molecule has 0 saturated heterocycles. The quantitative estimate of drug-likeness (QED) is 0.735. The summed E-state index contributed by atoms with van der Waals surface area (Å²) in [5.74, 6) is 0. The third kappa shape index (κ3) is 1.89. The second kappa shape index (κ2) is 3.82. The first-order valence-corrected chi connectivity index (χ1v) is 4.70. The van der Waals surface area contributed by atoms with E-state index in [4.69, 9.17) is 11.6 Å². The first-order chi connectivity index (χ1) is 7.18. The number of hydrogen-bond acceptors (Lipinski definition) is 3. The molecule has 0 radical (unpaired) electrons. The molecule has 0 bridgehead atoms. The smallest absolute Gasteiger partial charge is 0.273 e. The molecule has 0 N–H and O–H groups in total. The molecular formula is C10H8ClN3O. The van der Waals surface area contributed by atoms with Crippen molar-refractivity contribution in [2.24, 2.45) is 0 Å². The number of nitrogens with zero attached hydrogens (tertiary/aromatic N) is 3. The highest BCUT2D eigenvalue weighted by Crippen LogP contribution is 2.08. The zero-order valence-electron chi connectivity index (χ0n) is 8.01. The Bertz CT molecular complexity index is 536. The highest BCUT2D eigenvalue weighted by Gasteiger charge is 2.04. The van der Waals surface area contributed by atoms with Crippen molar-refractivity contribution in [3.63, 3.8) is 0 Å². The van der Waals surface area contributed by atoms with Crippen molar-refractivity contribution in [3.05, 3.63) is 51.9 Å². The molecule has 2 heterocycles. The molecule has 0 spiro atoms. The van der Waals surface area contributed by atoms with Crippen LogP contribution in [0.3, 0.4) is 0 Å². The third-order valence-electron chi connectivity index (χ3n) is 1.94. The number of rotatable bonds is 1. The fraction of sp³-hybridized carbons (Fsp3) is 0.100. The lowest BCUT2D eigenvalue weighted by molar-refractivity contribution is 0.948. The zero-order chi connectivity index (χ0) is 10.8. The number of aryl methyl sites for hydroxylation is 1. The second-order valence-electron chi connectivity index (χ2n) is 3.14. The van der Waals surface area contributed by atoms with E-state index in [0.29, 0.717) is 5.69 Å². The summed E-state index contributed by atoms with van der Waals surface area (Å²) in [5.41, 5.74) is 1.24. The summed E-state index contributed by atoms with van der Waals surface area (Å²) >= 11 is 5.79. The van der Waals surface area contributed by atoms with Gasteiger partial charge in [0.2, 0.25) is 0 Å². The van der Waals surface area contributed by atoms with Crippen LogP contribution in [0.15, 0.2) is 35.8 Å². The Morgan fingerprint density at radius 1 is 1.33 bits per heavy atom. The maximum atomic E-state index is 11.7. The first kappa shape index (κ1) is 9.86. The number of hydrogen-bond donors (Lipinski definition) is 0. The average Bonchev–Trinajstić information content (AvgIpc) is 2.24. The van der Waals surface area contributed by atoms with Crippen LogP contribution in [-0.4, -0.2) is 14.5 Å². The van der Waals surface area contributed by atoms with E-state index >= 15 is 0 Å². The van der Waals surface area contributed by atoms with Crippen LogP contribution in [0.1, 0.15) is 5.56 Å². The Morgan fingerprint density at radius 3 is 2.67 bits per heavy atom. The molecule has 4 nitrogen and oxygen atoms in total. The van der Waals surface area contributed by atoms with E-state index in [0.717, 1.165) is 5.56 Å². The number of halogens is 1. The lowest BCUT2D eigenvalue weighted by atomic mass is 10.3. The third-order valence-corrected chi connectivity index (χ3v) is 2.21. The first-order valence-electron chi connectivity index (χ1n) is 4.32. The van der Waals surface area contributed by atoms with E-state index in [1.807, 2.05) is 6.92 Å². The van der Waals surface area contributed by atoms with E-state index < -0.39 is 0 Å². The van der Waals surface area contributed by atoms with Crippen LogP contribution in [0.25, 0.3) is 5.69 Å². The summed E-state index contributed by atoms with van der Waals surface area (Å²) in [5, 5.41) is 0.193. The van der Waals surface area contributed by atoms with E-state index in [1.54, 1.807) is 24.7 Å². The molecule has 0 fully saturated rings. The minimum Gasteiger partial charge on any atom is -0.280 e. The topological polar surface area (TPSA) is 47.8 Å². The van der Waals surface area contributed by atoms with Gasteiger partial charge in [-0.25, -0.2) is 9.97 Å². The lowest BCUT2D eigenvalue weighted by Crippen LogP contribution is -2.18. The van der Waals surface area contributed by atoms with Crippen molar-refractivity contribution < 1.29 is 0 Å². The van der Waals surface area contributed by atoms with Crippen LogP contribution in [0.4, 0.5) is 0 Å². The molecule has 5 heteroatoms. The number of pyridine rings is 1. The molecule has 0 unspecified atom stereocenters. The van der Waals surface area contributed by atoms with Gasteiger partial charge in [0.1, 0.15) is 11.3 Å². The largest absolute Gasteiger partial charge is 0.280 e. The van der Waals surface area contributed by atoms with Gasteiger partial charge in [-0.05, 0) is 18.6 Å². The summed E-state index contributed by atoms with van der Waals surface area (Å²) in [6, 6.07) is 1.63. The summed E-state index contributed by atoms with van der Waals surface area (Å²) in [4.78, 5) is 19.4. The van der Waals surface area contributed by atoms with Gasteiger partial charge in [-0.2, -0.15) is 0 Å². The van der Waals surface area contributed by atoms with E-state index in [9.17, 15) is 4.79 Å². The summed E-state index contributed by atoms with van der Waals surface area (Å²) in [7, 11) is 0. The van der Waals surface area contributed by atoms with Gasteiger partial charge in [0.15, 0.2) is 0 Å². The van der Waals surface area contributed by atoms with Crippen molar-refractivity contribution in [2.75, 3.05) is 0 Å². The molecule has 0 aliphatic rings. The van der Waals surface area contributed by atoms with Crippen molar-refractivity contribution in [1.29, 1.82) is 0 Å². The van der Waals surface area contributed by atoms with Crippen LogP contribution in [0, 0.1) is 6.92 Å². The van der Waals surface area contributed by atoms with Gasteiger partial charge in [-0.1, -0.05) is 11.6 Å². The predicted molar refractivity (Wildman–Crippen MR) is 57.4 cm³/mol. The molecule has 0 amide bonds. The van der Waals surface area contributed by atoms with Crippen LogP contribution in [-0.2, 0) is 0 Å². The van der Waals surface area contributed by atoms with Crippen molar-refractivity contribution in [3.8, 4) is 5.69 Å². The summed E-state index contributed by atoms with van der Waals surface area (Å²) in [6.45, 7) is 1.87. The monoisotopic (exact) mass is 221 g/mol. The fourth-order valence-corrected chi connectivity index (χ4v) is 1.55. The minimum absolute atomic E-state index is 0.193. The van der Waals surface area contributed by atoms with Crippen LogP contribution in [0.2, 0.25) is 5.02 Å². The van der Waals surface area contributed by atoms with Gasteiger partial charge < -0.3 is 0 Å². The minimum atomic E-state index is -0.267. The van der Waals surface area contributed by atoms with Crippen molar-refractivity contribution in [1.82, 2.24) is 14.5 Å². The highest BCUT2D eigenvalue weighted by atomic mass is 35.5. The molecule has 2 rings (SSSR count). The van der Waals surface area contributed by atoms with E-state index in [1.165, 1.54) is 10.9 Å². The van der Waals surface area contributed by atoms with Crippen molar-refractivity contribution in [2.45, 2.75) is 6.92 Å². The fourth-order valence-electron chi connectivity index (χ4n) is 1.28. The van der Waals surface area contributed by atoms with Crippen LogP contribution >= 0.6 is 11.6 Å². The Balaban J connectivity index is 2.69. The maximum Gasteiger partial charge on any atom is 0.273 e. The standard InChI is InChI=1S/C10H8ClN3O/c1-7-2-9(11)10(15)14(5-7)8-3-12-6-13-4-8/h2-6H,1H3. The van der Waals surface area contributed by atoms with E-state index in [2.05, 4.69) is 9.97 Å². The molecule has 2 aromatic rings. The van der Waals surface area contributed by atoms with Crippen LogP contribution < -0.4 is 5.56 Å². The lowest BCUT2D eigenvalue weighted by Gasteiger charge is -2.05. The van der Waals surface area contributed by atoms with Gasteiger partial charge in [0.25, 0.3) is 5.56 Å². The van der Waals surface area contributed by atoms with Gasteiger partial charge >= 0.3 is 0 Å². The van der Waals surface area contributed by atoms with Gasteiger partial charge in [-0.15, -0.1) is 0 Å². The molecule has 0 aliphatic carbocycles. The molecule has 0 aromatic carbocycles. The van der Waals surface area contributed by atoms with Gasteiger partial charge in [0.05, 0.1) is 18.1 Å². The Labute approximate surface area is 91.2 Å². The zero-order valence-corrected chi connectivity index (χ0v) is 8.77. The molecule has 0 saturated carbocycles. The summed E-state index contributed by atoms with van der Waals surface area (Å²) < 4.78 is 1.43. The highest BCUT2D eigenvalue weighted by molar-refractivity contribution is 6.30. The number of aromatic nitrogens is 3. The maximum absolute atomic E-state index is 11.7.